The highest BCUT2D eigenvalue weighted by Crippen LogP contribution is 2.28. The first-order valence-electron chi connectivity index (χ1n) is 6.11. The number of hydrogen-bond donors (Lipinski definition) is 1. The Morgan fingerprint density at radius 2 is 2.22 bits per heavy atom. The summed E-state index contributed by atoms with van der Waals surface area (Å²) in [6, 6.07) is 7.52. The molecule has 0 saturated heterocycles. The summed E-state index contributed by atoms with van der Waals surface area (Å²) in [5, 5.41) is 18.8. The fourth-order valence-electron chi connectivity index (χ4n) is 1.93. The molecule has 0 saturated carbocycles. The van der Waals surface area contributed by atoms with Gasteiger partial charge in [0, 0.05) is 24.3 Å². The van der Waals surface area contributed by atoms with E-state index < -0.39 is 6.10 Å². The quantitative estimate of drug-likeness (QED) is 0.810. The standard InChI is InChI=1S/C15H20N2O/c1-5-17(10-11(2)3)15-8-13(9-16)6-7-14(15)12(4)18/h6-8,12,18H,2,5,10H2,1,3-4H3/t12-/m1/s1. The maximum atomic E-state index is 9.81. The molecule has 3 heteroatoms. The van der Waals surface area contributed by atoms with Crippen LogP contribution in [-0.4, -0.2) is 18.2 Å². The summed E-state index contributed by atoms with van der Waals surface area (Å²) in [5.74, 6) is 0. The molecule has 18 heavy (non-hydrogen) atoms. The molecule has 1 atom stereocenters. The first kappa shape index (κ1) is 14.3. The van der Waals surface area contributed by atoms with E-state index >= 15 is 0 Å². The maximum absolute atomic E-state index is 9.81. The molecule has 1 aromatic carbocycles. The van der Waals surface area contributed by atoms with Crippen molar-refractivity contribution < 1.29 is 5.11 Å². The number of benzene rings is 1. The molecule has 0 spiro atoms. The highest BCUT2D eigenvalue weighted by atomic mass is 16.3. The van der Waals surface area contributed by atoms with Gasteiger partial charge >= 0.3 is 0 Å². The van der Waals surface area contributed by atoms with Crippen molar-refractivity contribution in [3.63, 3.8) is 0 Å². The van der Waals surface area contributed by atoms with Crippen LogP contribution in [0.25, 0.3) is 0 Å². The van der Waals surface area contributed by atoms with Crippen LogP contribution in [0.4, 0.5) is 5.69 Å². The number of nitrogens with zero attached hydrogens (tertiary/aromatic N) is 2. The van der Waals surface area contributed by atoms with Crippen molar-refractivity contribution in [3.8, 4) is 6.07 Å². The number of rotatable bonds is 5. The van der Waals surface area contributed by atoms with E-state index in [1.54, 1.807) is 13.0 Å². The first-order valence-corrected chi connectivity index (χ1v) is 6.11. The molecule has 0 aliphatic rings. The molecule has 3 nitrogen and oxygen atoms in total. The molecule has 0 radical (unpaired) electrons. The molecular formula is C15H20N2O. The normalized spacial score (nSPS) is 11.7. The number of nitriles is 1. The summed E-state index contributed by atoms with van der Waals surface area (Å²) in [6.07, 6.45) is -0.549. The van der Waals surface area contributed by atoms with Crippen LogP contribution < -0.4 is 4.90 Å². The summed E-state index contributed by atoms with van der Waals surface area (Å²) in [4.78, 5) is 2.12. The topological polar surface area (TPSA) is 47.3 Å². The summed E-state index contributed by atoms with van der Waals surface area (Å²) < 4.78 is 0. The lowest BCUT2D eigenvalue weighted by Crippen LogP contribution is -2.26. The van der Waals surface area contributed by atoms with Gasteiger partial charge in [-0.25, -0.2) is 0 Å². The predicted octanol–water partition coefficient (Wildman–Crippen LogP) is 3.01. The Kier molecular flexibility index (Phi) is 4.94. The molecule has 1 N–H and O–H groups in total. The van der Waals surface area contributed by atoms with Crippen molar-refractivity contribution in [1.29, 1.82) is 5.26 Å². The minimum atomic E-state index is -0.549. The van der Waals surface area contributed by atoms with Crippen LogP contribution in [0.15, 0.2) is 30.4 Å². The summed E-state index contributed by atoms with van der Waals surface area (Å²) >= 11 is 0. The van der Waals surface area contributed by atoms with Crippen LogP contribution >= 0.6 is 0 Å². The number of anilines is 1. The van der Waals surface area contributed by atoms with Gasteiger partial charge in [-0.3, -0.25) is 0 Å². The van der Waals surface area contributed by atoms with E-state index in [-0.39, 0.29) is 0 Å². The van der Waals surface area contributed by atoms with Crippen LogP contribution in [0.2, 0.25) is 0 Å². The number of hydrogen-bond acceptors (Lipinski definition) is 3. The van der Waals surface area contributed by atoms with Crippen molar-refractivity contribution in [2.75, 3.05) is 18.0 Å². The average molecular weight is 244 g/mol. The molecule has 0 bridgehead atoms. The zero-order chi connectivity index (χ0) is 13.7. The van der Waals surface area contributed by atoms with Crippen molar-refractivity contribution in [2.45, 2.75) is 26.9 Å². The molecule has 0 aromatic heterocycles. The minimum absolute atomic E-state index is 0.549. The van der Waals surface area contributed by atoms with E-state index in [4.69, 9.17) is 5.26 Å². The second kappa shape index (κ2) is 6.23. The SMILES string of the molecule is C=C(C)CN(CC)c1cc(C#N)ccc1[C@@H](C)O. The van der Waals surface area contributed by atoms with Gasteiger partial charge in [0.2, 0.25) is 0 Å². The molecule has 1 aromatic rings. The van der Waals surface area contributed by atoms with Gasteiger partial charge in [-0.15, -0.1) is 0 Å². The van der Waals surface area contributed by atoms with Gasteiger partial charge in [-0.2, -0.15) is 5.26 Å². The van der Waals surface area contributed by atoms with Crippen LogP contribution in [0.1, 0.15) is 38.0 Å². The fourth-order valence-corrected chi connectivity index (χ4v) is 1.93. The lowest BCUT2D eigenvalue weighted by molar-refractivity contribution is 0.199. The maximum Gasteiger partial charge on any atom is 0.0992 e. The zero-order valence-corrected chi connectivity index (χ0v) is 11.3. The zero-order valence-electron chi connectivity index (χ0n) is 11.3. The number of aliphatic hydroxyl groups is 1. The van der Waals surface area contributed by atoms with E-state index in [0.717, 1.165) is 29.9 Å². The molecule has 0 aliphatic carbocycles. The third-order valence-electron chi connectivity index (χ3n) is 2.79. The van der Waals surface area contributed by atoms with Gasteiger partial charge in [0.1, 0.15) is 0 Å². The largest absolute Gasteiger partial charge is 0.389 e. The Labute approximate surface area is 109 Å². The Morgan fingerprint density at radius 1 is 1.56 bits per heavy atom. The minimum Gasteiger partial charge on any atom is -0.389 e. The molecule has 0 amide bonds. The van der Waals surface area contributed by atoms with Crippen LogP contribution in [0, 0.1) is 11.3 Å². The first-order chi connectivity index (χ1) is 8.49. The molecule has 0 aliphatic heterocycles. The van der Waals surface area contributed by atoms with Crippen LogP contribution in [-0.2, 0) is 0 Å². The van der Waals surface area contributed by atoms with Gasteiger partial charge < -0.3 is 10.0 Å². The van der Waals surface area contributed by atoms with Gasteiger partial charge in [-0.05, 0) is 32.9 Å². The van der Waals surface area contributed by atoms with Crippen LogP contribution in [0.3, 0.4) is 0 Å². The summed E-state index contributed by atoms with van der Waals surface area (Å²) in [5.41, 5.74) is 3.41. The molecule has 96 valence electrons. The molecule has 0 fully saturated rings. The number of aliphatic hydroxyl groups excluding tert-OH is 1. The Balaban J connectivity index is 3.24. The Bertz CT molecular complexity index is 472. The highest BCUT2D eigenvalue weighted by molar-refractivity contribution is 5.59. The monoisotopic (exact) mass is 244 g/mol. The van der Waals surface area contributed by atoms with E-state index in [0.29, 0.717) is 5.56 Å². The van der Waals surface area contributed by atoms with E-state index in [1.165, 1.54) is 0 Å². The smallest absolute Gasteiger partial charge is 0.0992 e. The molecule has 1 rings (SSSR count). The lowest BCUT2D eigenvalue weighted by atomic mass is 10.0. The Morgan fingerprint density at radius 3 is 2.67 bits per heavy atom. The van der Waals surface area contributed by atoms with Gasteiger partial charge in [0.05, 0.1) is 17.7 Å². The third kappa shape index (κ3) is 3.35. The average Bonchev–Trinajstić information content (AvgIpc) is 2.34. The van der Waals surface area contributed by atoms with Gasteiger partial charge in [-0.1, -0.05) is 18.2 Å². The van der Waals surface area contributed by atoms with Gasteiger partial charge in [0.15, 0.2) is 0 Å². The Hall–Kier alpha value is -1.79. The van der Waals surface area contributed by atoms with Crippen molar-refractivity contribution in [1.82, 2.24) is 0 Å². The van der Waals surface area contributed by atoms with Gasteiger partial charge in [0.25, 0.3) is 0 Å². The third-order valence-corrected chi connectivity index (χ3v) is 2.79. The summed E-state index contributed by atoms with van der Waals surface area (Å²) in [6.45, 7) is 11.2. The van der Waals surface area contributed by atoms with E-state index in [2.05, 4.69) is 17.5 Å². The lowest BCUT2D eigenvalue weighted by Gasteiger charge is -2.27. The second-order valence-electron chi connectivity index (χ2n) is 4.53. The predicted molar refractivity (Wildman–Crippen MR) is 74.5 cm³/mol. The fraction of sp³-hybridized carbons (Fsp3) is 0.400. The van der Waals surface area contributed by atoms with E-state index in [1.807, 2.05) is 26.0 Å². The molecule has 0 heterocycles. The number of likely N-dealkylation sites (N-methyl/N-ethyl adjacent to an activating group) is 1. The van der Waals surface area contributed by atoms with Crippen molar-refractivity contribution in [3.05, 3.63) is 41.5 Å². The van der Waals surface area contributed by atoms with E-state index in [9.17, 15) is 5.11 Å². The second-order valence-corrected chi connectivity index (χ2v) is 4.53. The van der Waals surface area contributed by atoms with Crippen LogP contribution in [0.5, 0.6) is 0 Å². The van der Waals surface area contributed by atoms with Crippen molar-refractivity contribution >= 4 is 5.69 Å². The highest BCUT2D eigenvalue weighted by Gasteiger charge is 2.14. The molecule has 0 unspecified atom stereocenters. The van der Waals surface area contributed by atoms with Crippen molar-refractivity contribution in [2.24, 2.45) is 0 Å². The molecular weight excluding hydrogens is 224 g/mol. The summed E-state index contributed by atoms with van der Waals surface area (Å²) in [7, 11) is 0.